The molecule has 1 atom stereocenters. The summed E-state index contributed by atoms with van der Waals surface area (Å²) < 4.78 is 10.5. The predicted octanol–water partition coefficient (Wildman–Crippen LogP) is 4.68. The van der Waals surface area contributed by atoms with E-state index in [9.17, 15) is 4.79 Å². The van der Waals surface area contributed by atoms with E-state index in [1.165, 1.54) is 5.56 Å². The van der Waals surface area contributed by atoms with Gasteiger partial charge in [0.2, 0.25) is 0 Å². The highest BCUT2D eigenvalue weighted by atomic mass is 35.5. The molecule has 134 valence electrons. The van der Waals surface area contributed by atoms with Crippen LogP contribution >= 0.6 is 23.2 Å². The molecule has 0 radical (unpaired) electrons. The van der Waals surface area contributed by atoms with Crippen LogP contribution in [0.4, 0.5) is 0 Å². The van der Waals surface area contributed by atoms with Crippen molar-refractivity contribution in [2.75, 3.05) is 20.0 Å². The van der Waals surface area contributed by atoms with Crippen molar-refractivity contribution in [3.05, 3.63) is 69.7 Å². The second-order valence-electron chi connectivity index (χ2n) is 5.43. The van der Waals surface area contributed by atoms with Crippen molar-refractivity contribution in [2.45, 2.75) is 18.9 Å². The number of carbonyl (C=O) groups excluding carboxylic acids is 1. The first-order valence-electron chi connectivity index (χ1n) is 7.94. The van der Waals surface area contributed by atoms with E-state index in [-0.39, 0.29) is 24.9 Å². The number of ketones is 1. The van der Waals surface area contributed by atoms with Crippen LogP contribution in [-0.2, 0) is 9.47 Å². The van der Waals surface area contributed by atoms with Crippen LogP contribution in [0.3, 0.4) is 0 Å². The van der Waals surface area contributed by atoms with Crippen molar-refractivity contribution < 1.29 is 19.4 Å². The zero-order valence-corrected chi connectivity index (χ0v) is 15.2. The lowest BCUT2D eigenvalue weighted by atomic mass is 10.1. The van der Waals surface area contributed by atoms with Gasteiger partial charge in [-0.25, -0.2) is 0 Å². The summed E-state index contributed by atoms with van der Waals surface area (Å²) >= 11 is 11.4. The summed E-state index contributed by atoms with van der Waals surface area (Å²) in [6.45, 7) is 1.06. The number of rotatable bonds is 4. The van der Waals surface area contributed by atoms with Crippen molar-refractivity contribution in [1.29, 1.82) is 0 Å². The Morgan fingerprint density at radius 1 is 1.04 bits per heavy atom. The molecule has 4 nitrogen and oxygen atoms in total. The van der Waals surface area contributed by atoms with E-state index in [1.54, 1.807) is 24.3 Å². The van der Waals surface area contributed by atoms with Gasteiger partial charge >= 0.3 is 0 Å². The minimum atomic E-state index is -0.110. The summed E-state index contributed by atoms with van der Waals surface area (Å²) in [6, 6.07) is 14.4. The highest BCUT2D eigenvalue weighted by molar-refractivity contribution is 6.30. The largest absolute Gasteiger partial charge is 0.396 e. The van der Waals surface area contributed by atoms with E-state index < -0.39 is 0 Å². The van der Waals surface area contributed by atoms with Gasteiger partial charge in [-0.1, -0.05) is 35.3 Å². The molecule has 1 N–H and O–H groups in total. The van der Waals surface area contributed by atoms with Gasteiger partial charge in [-0.15, -0.1) is 0 Å². The molecule has 0 bridgehead atoms. The molecule has 0 spiro atoms. The molecule has 1 saturated heterocycles. The number of hydrogen-bond acceptors (Lipinski definition) is 4. The van der Waals surface area contributed by atoms with Crippen LogP contribution in [0.5, 0.6) is 0 Å². The lowest BCUT2D eigenvalue weighted by Gasteiger charge is -2.22. The van der Waals surface area contributed by atoms with Gasteiger partial charge < -0.3 is 14.6 Å². The van der Waals surface area contributed by atoms with Gasteiger partial charge in [-0.2, -0.15) is 0 Å². The number of ether oxygens (including phenoxy) is 2. The molecule has 25 heavy (non-hydrogen) atoms. The maximum Gasteiger partial charge on any atom is 0.165 e. The van der Waals surface area contributed by atoms with E-state index in [2.05, 4.69) is 0 Å². The molecular weight excluding hydrogens is 363 g/mol. The molecule has 1 heterocycles. The summed E-state index contributed by atoms with van der Waals surface area (Å²) in [7, 11) is 0. The van der Waals surface area contributed by atoms with Crippen LogP contribution < -0.4 is 0 Å². The molecular formula is C19H20Cl2O4. The monoisotopic (exact) mass is 382 g/mol. The van der Waals surface area contributed by atoms with Gasteiger partial charge in [-0.3, -0.25) is 4.79 Å². The minimum Gasteiger partial charge on any atom is -0.396 e. The van der Waals surface area contributed by atoms with Crippen molar-refractivity contribution in [3.63, 3.8) is 0 Å². The first-order valence-corrected chi connectivity index (χ1v) is 8.70. The van der Waals surface area contributed by atoms with Crippen LogP contribution in [0.1, 0.15) is 34.9 Å². The van der Waals surface area contributed by atoms with Gasteiger partial charge in [-0.05, 0) is 42.0 Å². The molecule has 0 aliphatic carbocycles. The Bertz CT molecular complexity index is 650. The molecule has 0 aromatic heterocycles. The van der Waals surface area contributed by atoms with E-state index in [4.69, 9.17) is 37.8 Å². The van der Waals surface area contributed by atoms with Crippen LogP contribution in [0.15, 0.2) is 48.5 Å². The normalized spacial score (nSPS) is 16.7. The van der Waals surface area contributed by atoms with Gasteiger partial charge in [0.05, 0.1) is 19.3 Å². The van der Waals surface area contributed by atoms with E-state index in [0.717, 1.165) is 18.1 Å². The summed E-state index contributed by atoms with van der Waals surface area (Å²) in [4.78, 5) is 11.2. The van der Waals surface area contributed by atoms with Crippen molar-refractivity contribution >= 4 is 29.0 Å². The minimum absolute atomic E-state index is 0.0610. The lowest BCUT2D eigenvalue weighted by Crippen LogP contribution is -2.16. The smallest absolute Gasteiger partial charge is 0.165 e. The molecule has 2 aromatic rings. The number of Topliss-reactive ketones (excluding diaryl/α,β-unsaturated/α-hetero) is 1. The van der Waals surface area contributed by atoms with Crippen molar-refractivity contribution in [2.24, 2.45) is 0 Å². The highest BCUT2D eigenvalue weighted by Crippen LogP contribution is 2.25. The summed E-state index contributed by atoms with van der Waals surface area (Å²) in [5.41, 5.74) is 1.76. The number of halogens is 2. The third-order valence-corrected chi connectivity index (χ3v) is 4.13. The van der Waals surface area contributed by atoms with Crippen LogP contribution in [-0.4, -0.2) is 30.9 Å². The average Bonchev–Trinajstić information content (AvgIpc) is 2.64. The van der Waals surface area contributed by atoms with Gasteiger partial charge in [0, 0.05) is 28.5 Å². The first kappa shape index (κ1) is 19.9. The summed E-state index contributed by atoms with van der Waals surface area (Å²) in [5.74, 6) is -0.0610. The Labute approximate surface area is 157 Å². The van der Waals surface area contributed by atoms with Crippen molar-refractivity contribution in [1.82, 2.24) is 0 Å². The number of aliphatic hydroxyl groups is 1. The van der Waals surface area contributed by atoms with Gasteiger partial charge in [0.1, 0.15) is 6.79 Å². The topological polar surface area (TPSA) is 55.8 Å². The molecule has 1 aliphatic rings. The van der Waals surface area contributed by atoms with Crippen LogP contribution in [0.25, 0.3) is 0 Å². The Morgan fingerprint density at radius 2 is 1.64 bits per heavy atom. The lowest BCUT2D eigenvalue weighted by molar-refractivity contribution is -0.140. The fraction of sp³-hybridized carbons (Fsp3) is 0.316. The van der Waals surface area contributed by atoms with E-state index in [1.807, 2.05) is 24.3 Å². The van der Waals surface area contributed by atoms with E-state index in [0.29, 0.717) is 17.4 Å². The molecule has 2 aromatic carbocycles. The second-order valence-corrected chi connectivity index (χ2v) is 6.30. The predicted molar refractivity (Wildman–Crippen MR) is 98.2 cm³/mol. The quantitative estimate of drug-likeness (QED) is 0.779. The third kappa shape index (κ3) is 6.77. The molecule has 1 fully saturated rings. The molecule has 0 amide bonds. The number of aliphatic hydroxyl groups excluding tert-OH is 1. The van der Waals surface area contributed by atoms with Gasteiger partial charge in [0.15, 0.2) is 5.78 Å². The molecule has 1 aliphatic heterocycles. The third-order valence-electron chi connectivity index (χ3n) is 3.62. The van der Waals surface area contributed by atoms with Crippen LogP contribution in [0.2, 0.25) is 10.0 Å². The SMILES string of the molecule is Clc1ccc(C2CCOCO2)cc1.O=C(CCO)c1ccc(Cl)cc1. The molecule has 1 unspecified atom stereocenters. The maximum absolute atomic E-state index is 11.2. The number of benzene rings is 2. The first-order chi connectivity index (χ1) is 12.1. The van der Waals surface area contributed by atoms with E-state index >= 15 is 0 Å². The molecule has 6 heteroatoms. The zero-order valence-electron chi connectivity index (χ0n) is 13.7. The molecule has 3 rings (SSSR count). The van der Waals surface area contributed by atoms with Gasteiger partial charge in [0.25, 0.3) is 0 Å². The molecule has 0 saturated carbocycles. The maximum atomic E-state index is 11.2. The fourth-order valence-electron chi connectivity index (χ4n) is 2.28. The number of hydrogen-bond donors (Lipinski definition) is 1. The Hall–Kier alpha value is -1.43. The number of carbonyl (C=O) groups is 1. The Morgan fingerprint density at radius 3 is 2.16 bits per heavy atom. The summed E-state index contributed by atoms with van der Waals surface area (Å²) in [6.07, 6.45) is 1.26. The zero-order chi connectivity index (χ0) is 18.1. The van der Waals surface area contributed by atoms with Crippen LogP contribution in [0, 0.1) is 0 Å². The second kappa shape index (κ2) is 10.5. The summed E-state index contributed by atoms with van der Waals surface area (Å²) in [5, 5.41) is 9.87. The Balaban J connectivity index is 0.000000181. The average molecular weight is 383 g/mol. The standard InChI is InChI=1S/C10H11ClO2.C9H9ClO2/c11-9-3-1-8(2-4-9)10-5-6-12-7-13-10;10-8-3-1-7(2-4-8)9(12)5-6-11/h1-4,10H,5-7H2;1-4,11H,5-6H2. The van der Waals surface area contributed by atoms with Crippen molar-refractivity contribution in [3.8, 4) is 0 Å². The Kier molecular flexibility index (Phi) is 8.38. The fourth-order valence-corrected chi connectivity index (χ4v) is 2.54. The highest BCUT2D eigenvalue weighted by Gasteiger charge is 2.15.